The third-order valence-electron chi connectivity index (χ3n) is 3.93. The fourth-order valence-electron chi connectivity index (χ4n) is 2.53. The van der Waals surface area contributed by atoms with Crippen molar-refractivity contribution in [2.24, 2.45) is 11.8 Å². The molecule has 0 fully saturated rings. The summed E-state index contributed by atoms with van der Waals surface area (Å²) in [6.07, 6.45) is -14.3. The molecule has 2 atom stereocenters. The Morgan fingerprint density at radius 1 is 0.871 bits per heavy atom. The monoisotopic (exact) mass is 458 g/mol. The van der Waals surface area contributed by atoms with E-state index in [2.05, 4.69) is 19.1 Å². The summed E-state index contributed by atoms with van der Waals surface area (Å²) >= 11 is 0. The molecule has 0 radical (unpaired) electrons. The van der Waals surface area contributed by atoms with Crippen molar-refractivity contribution >= 4 is 11.9 Å². The molecular weight excluding hydrogens is 430 g/mol. The summed E-state index contributed by atoms with van der Waals surface area (Å²) < 4.78 is 78.9. The fourth-order valence-corrected chi connectivity index (χ4v) is 2.53. The Labute approximate surface area is 177 Å². The number of carboxylic acids is 1. The van der Waals surface area contributed by atoms with Crippen LogP contribution in [0.1, 0.15) is 52.0 Å². The highest BCUT2D eigenvalue weighted by molar-refractivity contribution is 5.81. The van der Waals surface area contributed by atoms with Crippen LogP contribution in [0.5, 0.6) is 0 Å². The van der Waals surface area contributed by atoms with Gasteiger partial charge in [-0.2, -0.15) is 26.3 Å². The Balaban J connectivity index is 0.00000107. The number of hydrogen-bond acceptors (Lipinski definition) is 3. The molecule has 0 saturated carbocycles. The average molecular weight is 458 g/mol. The van der Waals surface area contributed by atoms with Gasteiger partial charge in [-0.1, -0.05) is 35.9 Å². The standard InChI is InChI=1S/C14H20F6O4.C7H8/c1-12(2,3)24-11(23)9(5-7-14(18,19)20)8(10(21)22)4-6-13(15,16)17;1-7-5-3-2-4-6-7/h8-9H,4-7H2,1-3H3,(H,21,22);2-6H,1H3/t8-,9+;/m1./s1. The van der Waals surface area contributed by atoms with E-state index >= 15 is 0 Å². The first-order valence-electron chi connectivity index (χ1n) is 9.52. The van der Waals surface area contributed by atoms with Gasteiger partial charge in [0.15, 0.2) is 0 Å². The Hall–Kier alpha value is -2.26. The first-order chi connectivity index (χ1) is 13.9. The molecule has 1 aromatic carbocycles. The van der Waals surface area contributed by atoms with Gasteiger partial charge in [0.25, 0.3) is 0 Å². The summed E-state index contributed by atoms with van der Waals surface area (Å²) in [6, 6.07) is 10.3. The van der Waals surface area contributed by atoms with E-state index in [1.165, 1.54) is 26.3 Å². The highest BCUT2D eigenvalue weighted by atomic mass is 19.4. The Morgan fingerprint density at radius 2 is 1.29 bits per heavy atom. The number of carboxylic acid groups (broad SMARTS) is 1. The van der Waals surface area contributed by atoms with Crippen LogP contribution in [0.3, 0.4) is 0 Å². The lowest BCUT2D eigenvalue weighted by Gasteiger charge is -2.27. The number of alkyl halides is 6. The summed E-state index contributed by atoms with van der Waals surface area (Å²) in [6.45, 7) is 6.33. The van der Waals surface area contributed by atoms with Gasteiger partial charge in [-0.15, -0.1) is 0 Å². The van der Waals surface area contributed by atoms with Gasteiger partial charge in [0, 0.05) is 12.8 Å². The largest absolute Gasteiger partial charge is 0.481 e. The Bertz CT molecular complexity index is 678. The smallest absolute Gasteiger partial charge is 0.389 e. The molecule has 0 aliphatic carbocycles. The number of rotatable bonds is 7. The van der Waals surface area contributed by atoms with Crippen molar-refractivity contribution in [3.05, 3.63) is 35.9 Å². The Morgan fingerprint density at radius 3 is 1.58 bits per heavy atom. The van der Waals surface area contributed by atoms with Crippen LogP contribution in [0.4, 0.5) is 26.3 Å². The predicted octanol–water partition coefficient (Wildman–Crippen LogP) is 6.33. The molecule has 0 aliphatic rings. The van der Waals surface area contributed by atoms with Gasteiger partial charge in [-0.3, -0.25) is 9.59 Å². The molecule has 31 heavy (non-hydrogen) atoms. The van der Waals surface area contributed by atoms with Crippen LogP contribution >= 0.6 is 0 Å². The normalized spacial score (nSPS) is 14.1. The average Bonchev–Trinajstić information content (AvgIpc) is 2.55. The summed E-state index contributed by atoms with van der Waals surface area (Å²) in [5.41, 5.74) is 0.211. The van der Waals surface area contributed by atoms with Crippen LogP contribution < -0.4 is 0 Å². The van der Waals surface area contributed by atoms with Crippen LogP contribution in [0.25, 0.3) is 0 Å². The highest BCUT2D eigenvalue weighted by Crippen LogP contribution is 2.33. The molecule has 0 unspecified atom stereocenters. The van der Waals surface area contributed by atoms with Gasteiger partial charge >= 0.3 is 24.3 Å². The third kappa shape index (κ3) is 15.2. The maximum Gasteiger partial charge on any atom is 0.389 e. The van der Waals surface area contributed by atoms with E-state index in [4.69, 9.17) is 9.84 Å². The van der Waals surface area contributed by atoms with Gasteiger partial charge < -0.3 is 9.84 Å². The van der Waals surface area contributed by atoms with E-state index in [1.54, 1.807) is 0 Å². The number of carbonyl (C=O) groups is 2. The SMILES string of the molecule is CC(C)(C)OC(=O)[C@@H](CCC(F)(F)F)[C@@H](CCC(F)(F)F)C(=O)O.Cc1ccccc1. The lowest BCUT2D eigenvalue weighted by Crippen LogP contribution is -2.36. The fraction of sp³-hybridized carbons (Fsp3) is 0.619. The second-order valence-corrected chi connectivity index (χ2v) is 8.05. The molecular formula is C21H28F6O4. The van der Waals surface area contributed by atoms with Crippen molar-refractivity contribution in [1.29, 1.82) is 0 Å². The van der Waals surface area contributed by atoms with Gasteiger partial charge in [-0.25, -0.2) is 0 Å². The predicted molar refractivity (Wildman–Crippen MR) is 102 cm³/mol. The van der Waals surface area contributed by atoms with Crippen molar-refractivity contribution in [2.75, 3.05) is 0 Å². The van der Waals surface area contributed by atoms with Gasteiger partial charge in [0.2, 0.25) is 0 Å². The Kier molecular flexibility index (Phi) is 11.1. The summed E-state index contributed by atoms with van der Waals surface area (Å²) in [7, 11) is 0. The minimum Gasteiger partial charge on any atom is -0.481 e. The van der Waals surface area contributed by atoms with Crippen LogP contribution in [0.2, 0.25) is 0 Å². The van der Waals surface area contributed by atoms with Crippen molar-refractivity contribution in [1.82, 2.24) is 0 Å². The van der Waals surface area contributed by atoms with Crippen LogP contribution in [0, 0.1) is 18.8 Å². The zero-order chi connectivity index (χ0) is 24.5. The molecule has 10 heteroatoms. The maximum absolute atomic E-state index is 12.4. The number of ether oxygens (including phenoxy) is 1. The summed E-state index contributed by atoms with van der Waals surface area (Å²) in [4.78, 5) is 23.2. The van der Waals surface area contributed by atoms with Gasteiger partial charge in [-0.05, 0) is 40.5 Å². The molecule has 0 bridgehead atoms. The number of halogens is 6. The molecule has 1 N–H and O–H groups in total. The number of esters is 1. The number of carbonyl (C=O) groups excluding carboxylic acids is 1. The summed E-state index contributed by atoms with van der Waals surface area (Å²) in [5.74, 6) is -6.74. The molecule has 1 aromatic rings. The molecule has 0 aromatic heterocycles. The van der Waals surface area contributed by atoms with Crippen LogP contribution in [0.15, 0.2) is 30.3 Å². The molecule has 1 rings (SSSR count). The zero-order valence-corrected chi connectivity index (χ0v) is 17.8. The van der Waals surface area contributed by atoms with E-state index < -0.39 is 67.4 Å². The minimum absolute atomic E-state index is 0.951. The van der Waals surface area contributed by atoms with Crippen molar-refractivity contribution < 1.29 is 45.8 Å². The zero-order valence-electron chi connectivity index (χ0n) is 17.8. The molecule has 0 amide bonds. The molecule has 4 nitrogen and oxygen atoms in total. The quantitative estimate of drug-likeness (QED) is 0.383. The number of benzene rings is 1. The lowest BCUT2D eigenvalue weighted by atomic mass is 9.84. The highest BCUT2D eigenvalue weighted by Gasteiger charge is 2.41. The van der Waals surface area contributed by atoms with E-state index in [1.807, 2.05) is 18.2 Å². The lowest BCUT2D eigenvalue weighted by molar-refractivity contribution is -0.174. The molecule has 178 valence electrons. The molecule has 0 saturated heterocycles. The first-order valence-corrected chi connectivity index (χ1v) is 9.52. The van der Waals surface area contributed by atoms with Crippen molar-refractivity contribution in [3.8, 4) is 0 Å². The van der Waals surface area contributed by atoms with Crippen molar-refractivity contribution in [2.45, 2.75) is 71.3 Å². The second kappa shape index (κ2) is 12.0. The third-order valence-corrected chi connectivity index (χ3v) is 3.93. The second-order valence-electron chi connectivity index (χ2n) is 8.05. The minimum atomic E-state index is -4.68. The van der Waals surface area contributed by atoms with Crippen LogP contribution in [-0.2, 0) is 14.3 Å². The van der Waals surface area contributed by atoms with Crippen LogP contribution in [-0.4, -0.2) is 35.0 Å². The molecule has 0 spiro atoms. The topological polar surface area (TPSA) is 63.6 Å². The van der Waals surface area contributed by atoms with Gasteiger partial charge in [0.05, 0.1) is 11.8 Å². The number of hydrogen-bond donors (Lipinski definition) is 1. The maximum atomic E-state index is 12.4. The van der Waals surface area contributed by atoms with E-state index in [9.17, 15) is 35.9 Å². The van der Waals surface area contributed by atoms with E-state index in [0.717, 1.165) is 0 Å². The first kappa shape index (κ1) is 28.7. The van der Waals surface area contributed by atoms with Crippen molar-refractivity contribution in [3.63, 3.8) is 0 Å². The summed E-state index contributed by atoms with van der Waals surface area (Å²) in [5, 5.41) is 9.06. The number of aliphatic carboxylic acids is 1. The number of aryl methyl sites for hydroxylation is 1. The van der Waals surface area contributed by atoms with Gasteiger partial charge in [0.1, 0.15) is 5.60 Å². The van der Waals surface area contributed by atoms with E-state index in [-0.39, 0.29) is 0 Å². The molecule has 0 aliphatic heterocycles. The van der Waals surface area contributed by atoms with E-state index in [0.29, 0.717) is 0 Å². The molecule has 0 heterocycles.